The number of para-hydroxylation sites is 1. The van der Waals surface area contributed by atoms with E-state index in [4.69, 9.17) is 5.73 Å². The molecule has 0 saturated heterocycles. The van der Waals surface area contributed by atoms with Gasteiger partial charge in [0, 0.05) is 17.1 Å². The molecule has 0 aliphatic carbocycles. The largest absolute Gasteiger partial charge is 0.480 e. The van der Waals surface area contributed by atoms with Crippen molar-refractivity contribution in [2.75, 3.05) is 0 Å². The summed E-state index contributed by atoms with van der Waals surface area (Å²) in [6, 6.07) is 9.16. The Morgan fingerprint density at radius 3 is 2.63 bits per heavy atom. The summed E-state index contributed by atoms with van der Waals surface area (Å²) in [5.74, 6) is -3.61. The molecule has 3 aromatic rings. The van der Waals surface area contributed by atoms with Gasteiger partial charge < -0.3 is 21.1 Å². The fourth-order valence-electron chi connectivity index (χ4n) is 3.37. The Morgan fingerprint density at radius 2 is 1.90 bits per heavy atom. The number of hydrogen-bond donors (Lipinski definition) is 4. The summed E-state index contributed by atoms with van der Waals surface area (Å²) < 4.78 is 26.2. The van der Waals surface area contributed by atoms with Crippen LogP contribution < -0.4 is 11.1 Å². The number of H-pyrrole nitrogens is 1. The predicted octanol–water partition coefficient (Wildman–Crippen LogP) is 2.91. The molecule has 2 aromatic carbocycles. The molecule has 0 radical (unpaired) electrons. The average Bonchev–Trinajstić information content (AvgIpc) is 3.12. The van der Waals surface area contributed by atoms with Crippen molar-refractivity contribution in [1.29, 1.82) is 0 Å². The Balaban J connectivity index is 1.55. The highest BCUT2D eigenvalue weighted by Gasteiger charge is 2.23. The molecule has 2 atom stereocenters. The number of hydrogen-bond acceptors (Lipinski definition) is 3. The van der Waals surface area contributed by atoms with Gasteiger partial charge in [0.1, 0.15) is 6.04 Å². The second kappa shape index (κ2) is 9.49. The number of halogens is 2. The van der Waals surface area contributed by atoms with Gasteiger partial charge in [-0.15, -0.1) is 0 Å². The lowest BCUT2D eigenvalue weighted by Gasteiger charge is -2.18. The minimum atomic E-state index is -1.17. The zero-order valence-corrected chi connectivity index (χ0v) is 16.2. The van der Waals surface area contributed by atoms with E-state index in [2.05, 4.69) is 10.3 Å². The third-order valence-corrected chi connectivity index (χ3v) is 5.01. The van der Waals surface area contributed by atoms with E-state index >= 15 is 0 Å². The van der Waals surface area contributed by atoms with E-state index < -0.39 is 35.6 Å². The van der Waals surface area contributed by atoms with Gasteiger partial charge in [-0.05, 0) is 55.0 Å². The Kier molecular flexibility index (Phi) is 6.79. The van der Waals surface area contributed by atoms with Crippen LogP contribution >= 0.6 is 0 Å². The third kappa shape index (κ3) is 5.21. The Bertz CT molecular complexity index is 1050. The first-order valence-electron chi connectivity index (χ1n) is 9.63. The van der Waals surface area contributed by atoms with Crippen LogP contribution in [0.25, 0.3) is 10.9 Å². The SMILES string of the molecule is N[C@@H](Cc1c[nH]c2ccccc12)C(=O)NC(CCCc1ccc(F)c(F)c1)C(=O)O. The molecule has 0 spiro atoms. The summed E-state index contributed by atoms with van der Waals surface area (Å²) >= 11 is 0. The van der Waals surface area contributed by atoms with Crippen LogP contribution in [0.3, 0.4) is 0 Å². The zero-order valence-electron chi connectivity index (χ0n) is 16.2. The van der Waals surface area contributed by atoms with Crippen molar-refractivity contribution < 1.29 is 23.5 Å². The molecule has 1 heterocycles. The van der Waals surface area contributed by atoms with Crippen LogP contribution in [0.2, 0.25) is 0 Å². The quantitative estimate of drug-likeness (QED) is 0.431. The summed E-state index contributed by atoms with van der Waals surface area (Å²) in [6.45, 7) is 0. The third-order valence-electron chi connectivity index (χ3n) is 5.01. The zero-order chi connectivity index (χ0) is 21.7. The van der Waals surface area contributed by atoms with E-state index in [0.29, 0.717) is 18.4 Å². The van der Waals surface area contributed by atoms with Gasteiger partial charge in [-0.3, -0.25) is 4.79 Å². The number of aromatic amines is 1. The lowest BCUT2D eigenvalue weighted by Crippen LogP contribution is -2.49. The van der Waals surface area contributed by atoms with Crippen molar-refractivity contribution in [3.05, 3.63) is 71.4 Å². The molecule has 1 amide bonds. The number of carboxylic acid groups (broad SMARTS) is 1. The number of carboxylic acids is 1. The number of aryl methyl sites for hydroxylation is 1. The number of carbonyl (C=O) groups excluding carboxylic acids is 1. The topological polar surface area (TPSA) is 108 Å². The molecule has 6 nitrogen and oxygen atoms in total. The van der Waals surface area contributed by atoms with Crippen LogP contribution in [0.15, 0.2) is 48.7 Å². The van der Waals surface area contributed by atoms with E-state index in [0.717, 1.165) is 28.6 Å². The van der Waals surface area contributed by atoms with E-state index in [1.54, 1.807) is 6.20 Å². The standard InChI is InChI=1S/C22H23F2N3O3/c23-16-9-8-13(10-17(16)24)4-3-7-20(22(29)30)27-21(28)18(25)11-14-12-26-19-6-2-1-5-15(14)19/h1-2,5-6,8-10,12,18,20,26H,3-4,7,11,25H2,(H,27,28)(H,29,30)/t18-,20?/m0/s1. The smallest absolute Gasteiger partial charge is 0.326 e. The first-order valence-corrected chi connectivity index (χ1v) is 9.63. The number of fused-ring (bicyclic) bond motifs is 1. The van der Waals surface area contributed by atoms with Gasteiger partial charge >= 0.3 is 5.97 Å². The van der Waals surface area contributed by atoms with Crippen LogP contribution in [-0.2, 0) is 22.4 Å². The van der Waals surface area contributed by atoms with E-state index in [-0.39, 0.29) is 12.8 Å². The van der Waals surface area contributed by atoms with Crippen molar-refractivity contribution in [2.45, 2.75) is 37.8 Å². The summed E-state index contributed by atoms with van der Waals surface area (Å²) in [7, 11) is 0. The normalized spacial score (nSPS) is 13.2. The molecule has 1 aromatic heterocycles. The highest BCUT2D eigenvalue weighted by molar-refractivity contribution is 5.88. The molecule has 30 heavy (non-hydrogen) atoms. The lowest BCUT2D eigenvalue weighted by atomic mass is 10.0. The summed E-state index contributed by atoms with van der Waals surface area (Å²) in [6.07, 6.45) is 2.92. The molecule has 158 valence electrons. The summed E-state index contributed by atoms with van der Waals surface area (Å²) in [5, 5.41) is 12.8. The number of rotatable bonds is 9. The number of aliphatic carboxylic acids is 1. The van der Waals surface area contributed by atoms with E-state index in [1.807, 2.05) is 24.3 Å². The van der Waals surface area contributed by atoms with Crippen molar-refractivity contribution in [2.24, 2.45) is 5.73 Å². The summed E-state index contributed by atoms with van der Waals surface area (Å²) in [5.41, 5.74) is 8.36. The summed E-state index contributed by atoms with van der Waals surface area (Å²) in [4.78, 5) is 27.1. The first kappa shape index (κ1) is 21.4. The van der Waals surface area contributed by atoms with Crippen LogP contribution in [0.4, 0.5) is 8.78 Å². The van der Waals surface area contributed by atoms with Crippen molar-refractivity contribution in [1.82, 2.24) is 10.3 Å². The van der Waals surface area contributed by atoms with Gasteiger partial charge in [0.25, 0.3) is 0 Å². The fourth-order valence-corrected chi connectivity index (χ4v) is 3.37. The average molecular weight is 415 g/mol. The van der Waals surface area contributed by atoms with E-state index in [1.165, 1.54) is 6.07 Å². The second-order valence-electron chi connectivity index (χ2n) is 7.21. The Morgan fingerprint density at radius 1 is 1.13 bits per heavy atom. The van der Waals surface area contributed by atoms with Crippen molar-refractivity contribution in [3.8, 4) is 0 Å². The minimum Gasteiger partial charge on any atom is -0.480 e. The molecule has 3 rings (SSSR count). The van der Waals surface area contributed by atoms with Gasteiger partial charge in [0.15, 0.2) is 11.6 Å². The highest BCUT2D eigenvalue weighted by Crippen LogP contribution is 2.19. The van der Waals surface area contributed by atoms with Gasteiger partial charge in [0.2, 0.25) is 5.91 Å². The number of amides is 1. The Labute approximate surface area is 172 Å². The van der Waals surface area contributed by atoms with Gasteiger partial charge in [0.05, 0.1) is 6.04 Å². The molecule has 5 N–H and O–H groups in total. The van der Waals surface area contributed by atoms with Crippen LogP contribution in [0.1, 0.15) is 24.0 Å². The van der Waals surface area contributed by atoms with Gasteiger partial charge in [-0.1, -0.05) is 24.3 Å². The molecular weight excluding hydrogens is 392 g/mol. The maximum Gasteiger partial charge on any atom is 0.326 e. The number of carbonyl (C=O) groups is 2. The van der Waals surface area contributed by atoms with Gasteiger partial charge in [-0.2, -0.15) is 0 Å². The van der Waals surface area contributed by atoms with Gasteiger partial charge in [-0.25, -0.2) is 13.6 Å². The molecule has 0 aliphatic heterocycles. The van der Waals surface area contributed by atoms with Crippen molar-refractivity contribution >= 4 is 22.8 Å². The monoisotopic (exact) mass is 415 g/mol. The van der Waals surface area contributed by atoms with Crippen LogP contribution in [0, 0.1) is 11.6 Å². The minimum absolute atomic E-state index is 0.139. The predicted molar refractivity (Wildman–Crippen MR) is 109 cm³/mol. The van der Waals surface area contributed by atoms with Crippen LogP contribution in [-0.4, -0.2) is 34.1 Å². The second-order valence-corrected chi connectivity index (χ2v) is 7.21. The van der Waals surface area contributed by atoms with E-state index in [9.17, 15) is 23.5 Å². The molecular formula is C22H23F2N3O3. The molecule has 0 aliphatic rings. The molecule has 0 fully saturated rings. The maximum absolute atomic E-state index is 13.3. The van der Waals surface area contributed by atoms with Crippen LogP contribution in [0.5, 0.6) is 0 Å². The number of aromatic nitrogens is 1. The molecule has 8 heteroatoms. The number of nitrogens with one attached hydrogen (secondary N) is 2. The lowest BCUT2D eigenvalue weighted by molar-refractivity contribution is -0.142. The highest BCUT2D eigenvalue weighted by atomic mass is 19.2. The first-order chi connectivity index (χ1) is 14.3. The van der Waals surface area contributed by atoms with Crippen molar-refractivity contribution in [3.63, 3.8) is 0 Å². The number of nitrogens with two attached hydrogens (primary N) is 1. The molecule has 0 saturated carbocycles. The number of benzene rings is 2. The fraction of sp³-hybridized carbons (Fsp3) is 0.273. The Hall–Kier alpha value is -3.26. The molecule has 1 unspecified atom stereocenters. The molecule has 0 bridgehead atoms. The maximum atomic E-state index is 13.3.